The van der Waals surface area contributed by atoms with Crippen molar-refractivity contribution in [3.8, 4) is 17.6 Å². The maximum Gasteiger partial charge on any atom is 0.254 e. The number of piperidine rings is 1. The third-order valence-electron chi connectivity index (χ3n) is 4.58. The first-order chi connectivity index (χ1) is 13.7. The van der Waals surface area contributed by atoms with Crippen LogP contribution >= 0.6 is 0 Å². The smallest absolute Gasteiger partial charge is 0.254 e. The minimum absolute atomic E-state index is 0.0537. The number of nitriles is 1. The first kappa shape index (κ1) is 17.7. The minimum Gasteiger partial charge on any atom is -0.470 e. The average Bonchev–Trinajstić information content (AvgIpc) is 3.29. The lowest BCUT2D eigenvalue weighted by atomic mass is 10.1. The molecule has 0 N–H and O–H groups in total. The van der Waals surface area contributed by atoms with Crippen molar-refractivity contribution >= 4 is 5.91 Å². The molecule has 1 aliphatic heterocycles. The van der Waals surface area contributed by atoms with E-state index in [-0.39, 0.29) is 23.6 Å². The Labute approximate surface area is 162 Å². The summed E-state index contributed by atoms with van der Waals surface area (Å²) >= 11 is 0. The number of ether oxygens (including phenoxy) is 1. The van der Waals surface area contributed by atoms with Crippen molar-refractivity contribution in [2.45, 2.75) is 18.9 Å². The molecule has 0 radical (unpaired) electrons. The van der Waals surface area contributed by atoms with Crippen LogP contribution in [0.4, 0.5) is 0 Å². The lowest BCUT2D eigenvalue weighted by Crippen LogP contribution is -2.44. The van der Waals surface area contributed by atoms with E-state index in [1.54, 1.807) is 21.8 Å². The first-order valence-electron chi connectivity index (χ1n) is 9.02. The molecule has 1 amide bonds. The van der Waals surface area contributed by atoms with Gasteiger partial charge in [-0.2, -0.15) is 10.4 Å². The van der Waals surface area contributed by atoms with Crippen LogP contribution in [0.5, 0.6) is 5.88 Å². The summed E-state index contributed by atoms with van der Waals surface area (Å²) in [6.45, 7) is 1.10. The van der Waals surface area contributed by atoms with Crippen LogP contribution in [0.15, 0.2) is 55.1 Å². The van der Waals surface area contributed by atoms with E-state index in [0.717, 1.165) is 18.5 Å². The molecule has 1 fully saturated rings. The lowest BCUT2D eigenvalue weighted by Gasteiger charge is -2.32. The van der Waals surface area contributed by atoms with Crippen molar-refractivity contribution in [2.24, 2.45) is 0 Å². The van der Waals surface area contributed by atoms with E-state index in [0.29, 0.717) is 18.7 Å². The van der Waals surface area contributed by atoms with Gasteiger partial charge < -0.3 is 9.64 Å². The van der Waals surface area contributed by atoms with Gasteiger partial charge in [-0.3, -0.25) is 4.79 Å². The maximum absolute atomic E-state index is 13.0. The molecule has 0 saturated carbocycles. The predicted molar refractivity (Wildman–Crippen MR) is 99.9 cm³/mol. The summed E-state index contributed by atoms with van der Waals surface area (Å²) < 4.78 is 7.59. The van der Waals surface area contributed by atoms with Crippen LogP contribution in [0.1, 0.15) is 28.9 Å². The lowest BCUT2D eigenvalue weighted by molar-refractivity contribution is 0.0526. The van der Waals surface area contributed by atoms with Crippen molar-refractivity contribution in [1.29, 1.82) is 5.26 Å². The number of hydrogen-bond acceptors (Lipinski definition) is 6. The van der Waals surface area contributed by atoms with E-state index in [4.69, 9.17) is 10.00 Å². The Kier molecular flexibility index (Phi) is 4.97. The Hall–Kier alpha value is -3.73. The summed E-state index contributed by atoms with van der Waals surface area (Å²) in [4.78, 5) is 22.8. The highest BCUT2D eigenvalue weighted by Gasteiger charge is 2.27. The average molecular weight is 374 g/mol. The van der Waals surface area contributed by atoms with Crippen LogP contribution in [0.25, 0.3) is 5.69 Å². The molecular weight excluding hydrogens is 356 g/mol. The molecule has 1 aliphatic rings. The van der Waals surface area contributed by atoms with Gasteiger partial charge in [-0.15, -0.1) is 0 Å². The molecule has 1 unspecified atom stereocenters. The second-order valence-corrected chi connectivity index (χ2v) is 6.46. The summed E-state index contributed by atoms with van der Waals surface area (Å²) in [6.07, 6.45) is 7.86. The fourth-order valence-electron chi connectivity index (χ4n) is 3.25. The molecule has 3 aromatic rings. The first-order valence-corrected chi connectivity index (χ1v) is 9.02. The van der Waals surface area contributed by atoms with Gasteiger partial charge in [0.15, 0.2) is 0 Å². The van der Waals surface area contributed by atoms with Crippen molar-refractivity contribution in [3.63, 3.8) is 0 Å². The number of hydrogen-bond donors (Lipinski definition) is 0. The van der Waals surface area contributed by atoms with Crippen LogP contribution in [-0.2, 0) is 0 Å². The Morgan fingerprint density at radius 3 is 2.93 bits per heavy atom. The minimum atomic E-state index is -0.226. The highest BCUT2D eigenvalue weighted by Crippen LogP contribution is 2.20. The summed E-state index contributed by atoms with van der Waals surface area (Å²) in [5, 5.41) is 13.3. The number of carbonyl (C=O) groups excluding carboxylic acids is 1. The molecule has 3 heterocycles. The van der Waals surface area contributed by atoms with Gasteiger partial charge in [0.05, 0.1) is 12.2 Å². The Balaban J connectivity index is 1.48. The van der Waals surface area contributed by atoms with Crippen molar-refractivity contribution in [1.82, 2.24) is 24.6 Å². The molecule has 0 bridgehead atoms. The second kappa shape index (κ2) is 7.88. The standard InChI is InChI=1S/C20H18N6O2/c21-13-18-19(23-9-8-22-18)28-17-6-2-10-25(14-17)20(27)15-4-1-5-16(12-15)26-11-3-7-24-26/h1,3-5,7-9,11-12,17H,2,6,10,14H2. The number of likely N-dealkylation sites (tertiary alicyclic amines) is 1. The summed E-state index contributed by atoms with van der Waals surface area (Å²) in [5.74, 6) is 0.159. The molecule has 4 rings (SSSR count). The largest absolute Gasteiger partial charge is 0.470 e. The van der Waals surface area contributed by atoms with Crippen molar-refractivity contribution < 1.29 is 9.53 Å². The number of amides is 1. The molecular formula is C20H18N6O2. The monoisotopic (exact) mass is 374 g/mol. The number of benzene rings is 1. The van der Waals surface area contributed by atoms with Gasteiger partial charge >= 0.3 is 0 Å². The Morgan fingerprint density at radius 1 is 1.21 bits per heavy atom. The van der Waals surface area contributed by atoms with Crippen LogP contribution in [0.2, 0.25) is 0 Å². The third-order valence-corrected chi connectivity index (χ3v) is 4.58. The summed E-state index contributed by atoms with van der Waals surface area (Å²) in [6, 6.07) is 11.2. The normalized spacial score (nSPS) is 16.4. The fraction of sp³-hybridized carbons (Fsp3) is 0.250. The van der Waals surface area contributed by atoms with Gasteiger partial charge in [-0.1, -0.05) is 6.07 Å². The molecule has 28 heavy (non-hydrogen) atoms. The van der Waals surface area contributed by atoms with Gasteiger partial charge in [0.2, 0.25) is 5.69 Å². The summed E-state index contributed by atoms with van der Waals surface area (Å²) in [5.41, 5.74) is 1.59. The summed E-state index contributed by atoms with van der Waals surface area (Å²) in [7, 11) is 0. The molecule has 2 aromatic heterocycles. The SMILES string of the molecule is N#Cc1nccnc1OC1CCCN(C(=O)c2cccc(-n3cccn3)c2)C1. The molecule has 1 aromatic carbocycles. The Morgan fingerprint density at radius 2 is 2.11 bits per heavy atom. The van der Waals surface area contributed by atoms with E-state index >= 15 is 0 Å². The van der Waals surface area contributed by atoms with Gasteiger partial charge in [-0.05, 0) is 37.1 Å². The zero-order chi connectivity index (χ0) is 19.3. The molecule has 8 nitrogen and oxygen atoms in total. The van der Waals surface area contributed by atoms with Crippen LogP contribution in [-0.4, -0.2) is 49.7 Å². The molecule has 8 heteroatoms. The maximum atomic E-state index is 13.0. The quantitative estimate of drug-likeness (QED) is 0.695. The second-order valence-electron chi connectivity index (χ2n) is 6.46. The van der Waals surface area contributed by atoms with Gasteiger partial charge in [0.1, 0.15) is 12.2 Å². The predicted octanol–water partition coefficient (Wildman–Crippen LogP) is 2.22. The van der Waals surface area contributed by atoms with Gasteiger partial charge in [0, 0.05) is 36.9 Å². The van der Waals surface area contributed by atoms with Crippen LogP contribution in [0.3, 0.4) is 0 Å². The fourth-order valence-corrected chi connectivity index (χ4v) is 3.25. The molecule has 0 aliphatic carbocycles. The number of aromatic nitrogens is 4. The number of nitrogens with zero attached hydrogens (tertiary/aromatic N) is 6. The van der Waals surface area contributed by atoms with Crippen LogP contribution < -0.4 is 4.74 Å². The highest BCUT2D eigenvalue weighted by molar-refractivity contribution is 5.94. The third kappa shape index (κ3) is 3.69. The number of carbonyl (C=O) groups is 1. The van der Waals surface area contributed by atoms with Crippen LogP contribution in [0, 0.1) is 11.3 Å². The van der Waals surface area contributed by atoms with E-state index < -0.39 is 0 Å². The van der Waals surface area contributed by atoms with E-state index in [9.17, 15) is 4.79 Å². The molecule has 1 saturated heterocycles. The van der Waals surface area contributed by atoms with E-state index in [1.165, 1.54) is 12.4 Å². The van der Waals surface area contributed by atoms with Crippen molar-refractivity contribution in [3.05, 3.63) is 66.4 Å². The zero-order valence-electron chi connectivity index (χ0n) is 15.1. The van der Waals surface area contributed by atoms with E-state index in [1.807, 2.05) is 36.5 Å². The Bertz CT molecular complexity index is 1010. The zero-order valence-corrected chi connectivity index (χ0v) is 15.1. The molecule has 140 valence electrons. The topological polar surface area (TPSA) is 96.9 Å². The van der Waals surface area contributed by atoms with Crippen molar-refractivity contribution in [2.75, 3.05) is 13.1 Å². The van der Waals surface area contributed by atoms with Gasteiger partial charge in [0.25, 0.3) is 11.8 Å². The van der Waals surface area contributed by atoms with Gasteiger partial charge in [-0.25, -0.2) is 14.6 Å². The number of rotatable bonds is 4. The molecule has 1 atom stereocenters. The molecule has 0 spiro atoms. The highest BCUT2D eigenvalue weighted by atomic mass is 16.5. The van der Waals surface area contributed by atoms with E-state index in [2.05, 4.69) is 15.1 Å².